The van der Waals surface area contributed by atoms with Gasteiger partial charge in [0.05, 0.1) is 62.6 Å². The summed E-state index contributed by atoms with van der Waals surface area (Å²) in [5.74, 6) is 2.52. The van der Waals surface area contributed by atoms with E-state index in [1.807, 2.05) is 85.2 Å². The molecule has 12 nitrogen and oxygen atoms in total. The van der Waals surface area contributed by atoms with Crippen molar-refractivity contribution in [2.24, 2.45) is 9.98 Å². The molecule has 0 saturated carbocycles. The lowest BCUT2D eigenvalue weighted by Gasteiger charge is -2.35. The molecule has 0 aromatic heterocycles. The molecule has 1 amide bonds. The monoisotopic (exact) mass is 755 g/mol. The van der Waals surface area contributed by atoms with Crippen molar-refractivity contribution in [1.29, 1.82) is 0 Å². The SMILES string of the molecule is COc1ccc(C2=CN3C(=O)c4cc(OC)c(OCCCOc5cc6c(cc5OC)C(O)N5C=C(c7ccc(N)cc7)C[C@@]5(C)C=N6)cc4N=C[C@]3(C)C2)cc1. The van der Waals surface area contributed by atoms with E-state index in [1.165, 1.54) is 0 Å². The minimum absolute atomic E-state index is 0.165. The van der Waals surface area contributed by atoms with Gasteiger partial charge in [-0.15, -0.1) is 0 Å². The lowest BCUT2D eigenvalue weighted by molar-refractivity contribution is 0.00664. The van der Waals surface area contributed by atoms with Gasteiger partial charge in [-0.2, -0.15) is 0 Å². The Bertz CT molecular complexity index is 2300. The van der Waals surface area contributed by atoms with Gasteiger partial charge in [0.1, 0.15) is 5.75 Å². The van der Waals surface area contributed by atoms with Gasteiger partial charge in [0, 0.05) is 67.5 Å². The van der Waals surface area contributed by atoms with Gasteiger partial charge in [-0.25, -0.2) is 0 Å². The summed E-state index contributed by atoms with van der Waals surface area (Å²) in [4.78, 5) is 27.3. The number of anilines is 1. The van der Waals surface area contributed by atoms with E-state index in [0.29, 0.717) is 83.7 Å². The lowest BCUT2D eigenvalue weighted by Crippen LogP contribution is -2.43. The highest BCUT2D eigenvalue weighted by Gasteiger charge is 2.43. The molecule has 1 unspecified atom stereocenters. The number of aliphatic imine (C=N–C) groups is 2. The number of hydrogen-bond donors (Lipinski definition) is 2. The van der Waals surface area contributed by atoms with Crippen LogP contribution in [-0.4, -0.2) is 78.9 Å². The molecule has 0 fully saturated rings. The van der Waals surface area contributed by atoms with Crippen molar-refractivity contribution in [3.8, 4) is 28.7 Å². The number of nitrogens with zero attached hydrogens (tertiary/aromatic N) is 4. The molecule has 12 heteroatoms. The summed E-state index contributed by atoms with van der Waals surface area (Å²) < 4.78 is 29.0. The van der Waals surface area contributed by atoms with Crippen LogP contribution in [0.2, 0.25) is 0 Å². The normalized spacial score (nSPS) is 21.9. The molecule has 288 valence electrons. The van der Waals surface area contributed by atoms with Crippen LogP contribution in [0.15, 0.2) is 95.2 Å². The average molecular weight is 756 g/mol. The second-order valence-electron chi connectivity index (χ2n) is 14.8. The first-order valence-corrected chi connectivity index (χ1v) is 18.5. The number of amides is 1. The summed E-state index contributed by atoms with van der Waals surface area (Å²) in [6.07, 6.45) is 8.50. The third kappa shape index (κ3) is 6.59. The summed E-state index contributed by atoms with van der Waals surface area (Å²) in [7, 11) is 4.76. The molecule has 4 aromatic rings. The van der Waals surface area contributed by atoms with Crippen molar-refractivity contribution in [1.82, 2.24) is 9.80 Å². The van der Waals surface area contributed by atoms with Crippen LogP contribution in [0.3, 0.4) is 0 Å². The summed E-state index contributed by atoms with van der Waals surface area (Å²) >= 11 is 0. The quantitative estimate of drug-likeness (QED) is 0.116. The van der Waals surface area contributed by atoms with E-state index in [4.69, 9.17) is 39.4 Å². The number of fused-ring (bicyclic) bond motifs is 4. The summed E-state index contributed by atoms with van der Waals surface area (Å²) in [5, 5.41) is 11.6. The molecule has 4 heterocycles. The first kappa shape index (κ1) is 36.7. The zero-order chi connectivity index (χ0) is 39.2. The number of benzene rings is 4. The number of carbonyl (C=O) groups is 1. The number of carbonyl (C=O) groups excluding carboxylic acids is 1. The van der Waals surface area contributed by atoms with E-state index in [9.17, 15) is 9.90 Å². The Labute approximate surface area is 326 Å². The standard InChI is InChI=1S/C44H45N5O7/c1-43-21-29(27-7-11-31(45)12-8-27)23-48(43)41(50)33-17-37(53-4)39(19-35(33)46-25-43)55-15-6-16-56-40-20-36-34(18-38(40)54-5)42(51)49-24-30(22-44(49,2)26-47-36)28-9-13-32(52-3)14-10-28/h7-14,17-20,23-26,41,50H,6,15-16,21-22,45H2,1-5H3/t41?,43-,44-/m0/s1. The van der Waals surface area contributed by atoms with E-state index < -0.39 is 17.3 Å². The van der Waals surface area contributed by atoms with Crippen molar-refractivity contribution in [3.63, 3.8) is 0 Å². The Morgan fingerprint density at radius 1 is 0.732 bits per heavy atom. The van der Waals surface area contributed by atoms with Gasteiger partial charge in [0.25, 0.3) is 5.91 Å². The summed E-state index contributed by atoms with van der Waals surface area (Å²) in [6.45, 7) is 4.70. The van der Waals surface area contributed by atoms with Gasteiger partial charge < -0.3 is 44.3 Å². The van der Waals surface area contributed by atoms with E-state index in [2.05, 4.69) is 6.92 Å². The zero-order valence-electron chi connectivity index (χ0n) is 32.1. The third-order valence-corrected chi connectivity index (χ3v) is 10.9. The number of aliphatic hydroxyl groups excluding tert-OH is 1. The first-order chi connectivity index (χ1) is 27.0. The van der Waals surface area contributed by atoms with Crippen LogP contribution in [0.25, 0.3) is 11.1 Å². The molecule has 3 atom stereocenters. The Morgan fingerprint density at radius 2 is 1.30 bits per heavy atom. The number of rotatable bonds is 11. The zero-order valence-corrected chi connectivity index (χ0v) is 32.1. The fraction of sp³-hybridized carbons (Fsp3) is 0.295. The maximum Gasteiger partial charge on any atom is 0.260 e. The van der Waals surface area contributed by atoms with Crippen LogP contribution in [0.1, 0.15) is 66.4 Å². The van der Waals surface area contributed by atoms with Crippen LogP contribution in [0.5, 0.6) is 28.7 Å². The molecule has 0 spiro atoms. The highest BCUT2D eigenvalue weighted by atomic mass is 16.5. The van der Waals surface area contributed by atoms with Crippen molar-refractivity contribution in [2.45, 2.75) is 50.4 Å². The van der Waals surface area contributed by atoms with Crippen molar-refractivity contribution in [3.05, 3.63) is 107 Å². The molecule has 3 N–H and O–H groups in total. The predicted octanol–water partition coefficient (Wildman–Crippen LogP) is 7.72. The smallest absolute Gasteiger partial charge is 0.260 e. The highest BCUT2D eigenvalue weighted by Crippen LogP contribution is 2.48. The number of nitrogens with two attached hydrogens (primary N) is 1. The Morgan fingerprint density at radius 3 is 1.96 bits per heavy atom. The second-order valence-corrected chi connectivity index (χ2v) is 14.8. The molecule has 4 aliphatic heterocycles. The van der Waals surface area contributed by atoms with E-state index in [0.717, 1.165) is 28.0 Å². The molecule has 0 bridgehead atoms. The Hall–Kier alpha value is -6.27. The minimum Gasteiger partial charge on any atom is -0.497 e. The Kier molecular flexibility index (Phi) is 9.45. The van der Waals surface area contributed by atoms with Crippen molar-refractivity contribution < 1.29 is 33.6 Å². The largest absolute Gasteiger partial charge is 0.497 e. The van der Waals surface area contributed by atoms with E-state index in [1.54, 1.807) is 50.5 Å². The fourth-order valence-corrected chi connectivity index (χ4v) is 7.75. The van der Waals surface area contributed by atoms with Crippen molar-refractivity contribution in [2.75, 3.05) is 40.3 Å². The first-order valence-electron chi connectivity index (χ1n) is 18.5. The van der Waals surface area contributed by atoms with Crippen LogP contribution >= 0.6 is 0 Å². The molecule has 0 aliphatic carbocycles. The highest BCUT2D eigenvalue weighted by molar-refractivity contribution is 6.06. The lowest BCUT2D eigenvalue weighted by atomic mass is 9.93. The second kappa shape index (κ2) is 14.4. The maximum absolute atomic E-state index is 14.0. The average Bonchev–Trinajstić information content (AvgIpc) is 3.70. The maximum atomic E-state index is 14.0. The van der Waals surface area contributed by atoms with Gasteiger partial charge in [-0.3, -0.25) is 14.8 Å². The number of methoxy groups -OCH3 is 3. The molecule has 56 heavy (non-hydrogen) atoms. The molecule has 0 saturated heterocycles. The topological polar surface area (TPSA) is 141 Å². The van der Waals surface area contributed by atoms with Gasteiger partial charge in [-0.1, -0.05) is 24.3 Å². The predicted molar refractivity (Wildman–Crippen MR) is 217 cm³/mol. The van der Waals surface area contributed by atoms with E-state index in [-0.39, 0.29) is 5.91 Å². The van der Waals surface area contributed by atoms with E-state index >= 15 is 0 Å². The Balaban J connectivity index is 0.930. The van der Waals surface area contributed by atoms with Crippen LogP contribution in [0, 0.1) is 0 Å². The molecule has 0 radical (unpaired) electrons. The van der Waals surface area contributed by atoms with Gasteiger partial charge >= 0.3 is 0 Å². The van der Waals surface area contributed by atoms with Gasteiger partial charge in [-0.05, 0) is 72.5 Å². The van der Waals surface area contributed by atoms with Crippen LogP contribution in [-0.2, 0) is 0 Å². The summed E-state index contributed by atoms with van der Waals surface area (Å²) in [6, 6.07) is 22.6. The fourth-order valence-electron chi connectivity index (χ4n) is 7.75. The molecular formula is C44H45N5O7. The molecular weight excluding hydrogens is 711 g/mol. The summed E-state index contributed by atoms with van der Waals surface area (Å²) in [5.41, 5.74) is 11.8. The molecule has 4 aliphatic rings. The third-order valence-electron chi connectivity index (χ3n) is 10.9. The molecule has 8 rings (SSSR count). The van der Waals surface area contributed by atoms with Gasteiger partial charge in [0.2, 0.25) is 0 Å². The number of hydrogen-bond acceptors (Lipinski definition) is 11. The number of nitrogen functional groups attached to an aromatic ring is 1. The minimum atomic E-state index is -0.955. The van der Waals surface area contributed by atoms with Crippen molar-refractivity contribution >= 4 is 46.5 Å². The van der Waals surface area contributed by atoms with Gasteiger partial charge in [0.15, 0.2) is 29.2 Å². The molecule has 4 aromatic carbocycles. The number of aliphatic hydroxyl groups is 1. The number of ether oxygens (including phenoxy) is 5. The van der Waals surface area contributed by atoms with Crippen LogP contribution < -0.4 is 29.4 Å². The van der Waals surface area contributed by atoms with Crippen LogP contribution in [0.4, 0.5) is 17.1 Å².